The number of hydrogen-bond acceptors (Lipinski definition) is 7. The van der Waals surface area contributed by atoms with Crippen LogP contribution in [0.5, 0.6) is 0 Å². The van der Waals surface area contributed by atoms with Crippen molar-refractivity contribution in [3.05, 3.63) is 65.7 Å². The number of hydrogen-bond donors (Lipinski definition) is 1. The van der Waals surface area contributed by atoms with Crippen LogP contribution in [0.3, 0.4) is 0 Å². The van der Waals surface area contributed by atoms with Gasteiger partial charge in [0.05, 0.1) is 25.0 Å². The summed E-state index contributed by atoms with van der Waals surface area (Å²) >= 11 is 1.65. The Morgan fingerprint density at radius 1 is 1.03 bits per heavy atom. The lowest BCUT2D eigenvalue weighted by Gasteiger charge is -2.30. The molecule has 2 aromatic rings. The highest BCUT2D eigenvalue weighted by Crippen LogP contribution is 2.55. The number of fused-ring (bicyclic) bond motifs is 4. The lowest BCUT2D eigenvalue weighted by atomic mass is 9.76. The number of benzene rings is 2. The van der Waals surface area contributed by atoms with Crippen LogP contribution < -0.4 is 10.2 Å². The number of esters is 1. The third kappa shape index (κ3) is 3.72. The number of amides is 3. The number of anilines is 1. The number of carbonyl (C=O) groups excluding carboxylic acids is 4. The van der Waals surface area contributed by atoms with Crippen LogP contribution in [0.1, 0.15) is 24.5 Å². The van der Waals surface area contributed by atoms with E-state index in [4.69, 9.17) is 4.74 Å². The molecule has 0 saturated carbocycles. The lowest BCUT2D eigenvalue weighted by Crippen LogP contribution is -2.55. The molecule has 3 aliphatic rings. The van der Waals surface area contributed by atoms with Gasteiger partial charge in [-0.3, -0.25) is 34.3 Å². The minimum atomic E-state index is -1.41. The van der Waals surface area contributed by atoms with Gasteiger partial charge in [-0.25, -0.2) is 0 Å². The first kappa shape index (κ1) is 24.5. The molecule has 0 bridgehead atoms. The number of para-hydroxylation sites is 1. The van der Waals surface area contributed by atoms with E-state index in [0.717, 1.165) is 11.3 Å². The van der Waals surface area contributed by atoms with E-state index in [1.807, 2.05) is 48.7 Å². The van der Waals surface area contributed by atoms with Crippen LogP contribution in [0.2, 0.25) is 0 Å². The van der Waals surface area contributed by atoms with Crippen molar-refractivity contribution in [1.82, 2.24) is 10.2 Å². The summed E-state index contributed by atoms with van der Waals surface area (Å²) in [5.41, 5.74) is 0.635. The summed E-state index contributed by atoms with van der Waals surface area (Å²) in [6.45, 7) is 1.83. The van der Waals surface area contributed by atoms with Gasteiger partial charge in [0.25, 0.3) is 5.91 Å². The van der Waals surface area contributed by atoms with E-state index in [1.165, 1.54) is 9.80 Å². The predicted molar refractivity (Wildman–Crippen MR) is 136 cm³/mol. The number of nitrogens with zero attached hydrogens (tertiary/aromatic N) is 2. The molecule has 9 heteroatoms. The molecule has 1 spiro atoms. The molecule has 0 radical (unpaired) electrons. The Kier molecular flexibility index (Phi) is 6.61. The van der Waals surface area contributed by atoms with Crippen LogP contribution in [-0.2, 0) is 36.0 Å². The molecular weight excluding hydrogens is 478 g/mol. The molecule has 188 valence electrons. The van der Waals surface area contributed by atoms with Crippen LogP contribution in [0.15, 0.2) is 54.6 Å². The number of nitrogens with one attached hydrogen (secondary N) is 1. The first-order valence-corrected chi connectivity index (χ1v) is 13.6. The van der Waals surface area contributed by atoms with Gasteiger partial charge in [-0.15, -0.1) is 0 Å². The SMILES string of the molecule is CCOC(=O)CN1C(=O)[C@]2(N[C@@H](CCSC)[C@H]3C(=O)N(Cc4ccccc4)C(=O)[C@H]32)c2ccccc21. The van der Waals surface area contributed by atoms with Crippen molar-refractivity contribution in [2.24, 2.45) is 11.8 Å². The number of ether oxygens (including phenoxy) is 1. The summed E-state index contributed by atoms with van der Waals surface area (Å²) in [7, 11) is 0. The summed E-state index contributed by atoms with van der Waals surface area (Å²) < 4.78 is 5.12. The normalized spacial score (nSPS) is 26.6. The van der Waals surface area contributed by atoms with Crippen LogP contribution in [0.25, 0.3) is 0 Å². The van der Waals surface area contributed by atoms with Crippen molar-refractivity contribution < 1.29 is 23.9 Å². The molecule has 36 heavy (non-hydrogen) atoms. The zero-order valence-corrected chi connectivity index (χ0v) is 21.1. The van der Waals surface area contributed by atoms with Crippen LogP contribution in [0.4, 0.5) is 5.69 Å². The molecule has 2 saturated heterocycles. The Hall–Kier alpha value is -3.17. The molecule has 3 amide bonds. The van der Waals surface area contributed by atoms with E-state index in [0.29, 0.717) is 17.7 Å². The monoisotopic (exact) mass is 507 g/mol. The third-order valence-electron chi connectivity index (χ3n) is 7.37. The van der Waals surface area contributed by atoms with Gasteiger partial charge < -0.3 is 4.74 Å². The van der Waals surface area contributed by atoms with Crippen molar-refractivity contribution in [3.63, 3.8) is 0 Å². The average molecular weight is 508 g/mol. The first-order chi connectivity index (χ1) is 17.4. The zero-order chi connectivity index (χ0) is 25.4. The molecule has 3 aliphatic heterocycles. The van der Waals surface area contributed by atoms with Gasteiger partial charge in [-0.2, -0.15) is 11.8 Å². The highest BCUT2D eigenvalue weighted by Gasteiger charge is 2.71. The second kappa shape index (κ2) is 9.71. The highest BCUT2D eigenvalue weighted by atomic mass is 32.2. The minimum absolute atomic E-state index is 0.166. The quantitative estimate of drug-likeness (QED) is 0.433. The lowest BCUT2D eigenvalue weighted by molar-refractivity contribution is -0.144. The number of likely N-dealkylation sites (tertiary alicyclic amines) is 1. The Balaban J connectivity index is 1.58. The Bertz CT molecular complexity index is 1200. The largest absolute Gasteiger partial charge is 0.465 e. The topological polar surface area (TPSA) is 96.0 Å². The van der Waals surface area contributed by atoms with Gasteiger partial charge in [0.15, 0.2) is 0 Å². The summed E-state index contributed by atoms with van der Waals surface area (Å²) in [6.07, 6.45) is 2.62. The molecule has 8 nitrogen and oxygen atoms in total. The van der Waals surface area contributed by atoms with Gasteiger partial charge >= 0.3 is 5.97 Å². The number of imide groups is 1. The number of rotatable bonds is 8. The first-order valence-electron chi connectivity index (χ1n) is 12.2. The fourth-order valence-corrected chi connectivity index (χ4v) is 6.40. The second-order valence-electron chi connectivity index (χ2n) is 9.31. The maximum Gasteiger partial charge on any atom is 0.326 e. The van der Waals surface area contributed by atoms with Crippen LogP contribution >= 0.6 is 11.8 Å². The predicted octanol–water partition coefficient (Wildman–Crippen LogP) is 2.32. The smallest absolute Gasteiger partial charge is 0.326 e. The zero-order valence-electron chi connectivity index (χ0n) is 20.3. The molecule has 3 heterocycles. The Morgan fingerprint density at radius 2 is 1.75 bits per heavy atom. The molecule has 0 aliphatic carbocycles. The number of carbonyl (C=O) groups is 4. The molecular formula is C27H29N3O5S. The summed E-state index contributed by atoms with van der Waals surface area (Å²) in [6, 6.07) is 16.2. The fraction of sp³-hybridized carbons (Fsp3) is 0.407. The van der Waals surface area contributed by atoms with Gasteiger partial charge in [0.2, 0.25) is 11.8 Å². The van der Waals surface area contributed by atoms with E-state index in [9.17, 15) is 19.2 Å². The van der Waals surface area contributed by atoms with E-state index < -0.39 is 23.3 Å². The Labute approximate surface area is 214 Å². The molecule has 0 unspecified atom stereocenters. The maximum absolute atomic E-state index is 14.2. The molecule has 0 aromatic heterocycles. The average Bonchev–Trinajstić information content (AvgIpc) is 3.44. The van der Waals surface area contributed by atoms with Gasteiger partial charge in [0.1, 0.15) is 12.1 Å². The second-order valence-corrected chi connectivity index (χ2v) is 10.3. The van der Waals surface area contributed by atoms with Crippen molar-refractivity contribution in [2.75, 3.05) is 30.1 Å². The molecule has 2 aromatic carbocycles. The van der Waals surface area contributed by atoms with E-state index >= 15 is 0 Å². The van der Waals surface area contributed by atoms with Crippen LogP contribution in [-0.4, -0.2) is 59.8 Å². The fourth-order valence-electron chi connectivity index (χ4n) is 5.91. The van der Waals surface area contributed by atoms with Crippen molar-refractivity contribution in [1.29, 1.82) is 0 Å². The van der Waals surface area contributed by atoms with Crippen LogP contribution in [0, 0.1) is 11.8 Å². The van der Waals surface area contributed by atoms with Gasteiger partial charge in [0, 0.05) is 17.3 Å². The highest BCUT2D eigenvalue weighted by molar-refractivity contribution is 7.98. The minimum Gasteiger partial charge on any atom is -0.465 e. The summed E-state index contributed by atoms with van der Waals surface area (Å²) in [5, 5.41) is 3.46. The Morgan fingerprint density at radius 3 is 2.47 bits per heavy atom. The van der Waals surface area contributed by atoms with Crippen molar-refractivity contribution in [3.8, 4) is 0 Å². The van der Waals surface area contributed by atoms with E-state index in [2.05, 4.69) is 5.32 Å². The maximum atomic E-state index is 14.2. The molecule has 4 atom stereocenters. The van der Waals surface area contributed by atoms with Crippen molar-refractivity contribution >= 4 is 41.1 Å². The van der Waals surface area contributed by atoms with Crippen molar-refractivity contribution in [2.45, 2.75) is 31.5 Å². The summed E-state index contributed by atoms with van der Waals surface area (Å²) in [5.74, 6) is -2.28. The summed E-state index contributed by atoms with van der Waals surface area (Å²) in [4.78, 5) is 57.0. The third-order valence-corrected chi connectivity index (χ3v) is 8.01. The van der Waals surface area contributed by atoms with E-state index in [-0.39, 0.29) is 43.5 Å². The standard InChI is InChI=1S/C27H29N3O5S/c1-3-35-21(31)16-29-20-12-8-7-11-18(20)27(26(29)34)23-22(19(28-27)13-14-36-2)24(32)30(25(23)33)15-17-9-5-4-6-10-17/h4-12,19,22-23,28H,3,13-16H2,1-2H3/t19-,22+,23-,27-/m0/s1. The molecule has 2 fully saturated rings. The molecule has 5 rings (SSSR count). The number of thioether (sulfide) groups is 1. The molecule has 1 N–H and O–H groups in total. The van der Waals surface area contributed by atoms with Gasteiger partial charge in [-0.05, 0) is 37.0 Å². The van der Waals surface area contributed by atoms with E-state index in [1.54, 1.807) is 30.8 Å². The van der Waals surface area contributed by atoms with Gasteiger partial charge in [-0.1, -0.05) is 48.5 Å².